The SMILES string of the molecule is CC1=CC2c3ccccc3OC2C(c2nccc3cc(C(C)C)ccc23)=[C-]1.CCC(CC)C(=O)/C=C(\O)C(CC)CC.[Ir]. The van der Waals surface area contributed by atoms with Gasteiger partial charge in [-0.1, -0.05) is 90.4 Å². The number of rotatable bonds is 9. The third-order valence-corrected chi connectivity index (χ3v) is 8.70. The first-order chi connectivity index (χ1) is 20.2. The number of carbonyl (C=O) groups excluding carboxylic acids is 1. The van der Waals surface area contributed by atoms with E-state index in [4.69, 9.17) is 9.72 Å². The van der Waals surface area contributed by atoms with Crippen LogP contribution in [0.3, 0.4) is 0 Å². The van der Waals surface area contributed by atoms with Crippen molar-refractivity contribution in [2.75, 3.05) is 0 Å². The molecule has 0 saturated heterocycles. The van der Waals surface area contributed by atoms with Crippen LogP contribution in [0, 0.1) is 17.9 Å². The van der Waals surface area contributed by atoms with Crippen molar-refractivity contribution in [1.82, 2.24) is 4.98 Å². The monoisotopic (exact) mass is 757 g/mol. The topological polar surface area (TPSA) is 59.4 Å². The van der Waals surface area contributed by atoms with Gasteiger partial charge in [0.05, 0.1) is 5.76 Å². The summed E-state index contributed by atoms with van der Waals surface area (Å²) < 4.78 is 6.35. The molecule has 1 radical (unpaired) electrons. The van der Waals surface area contributed by atoms with Crippen LogP contribution in [0.2, 0.25) is 0 Å². The summed E-state index contributed by atoms with van der Waals surface area (Å²) in [5.74, 6) is 2.25. The number of aliphatic hydroxyl groups is 1. The fraction of sp³-hybridized carbons (Fsp3) is 0.421. The Kier molecular flexibility index (Phi) is 12.5. The first kappa shape index (κ1) is 34.5. The number of nitrogens with zero attached hydrogens (tertiary/aromatic N) is 1. The Morgan fingerprint density at radius 3 is 2.33 bits per heavy atom. The van der Waals surface area contributed by atoms with Gasteiger partial charge in [0.2, 0.25) is 0 Å². The number of benzene rings is 2. The Bertz CT molecular complexity index is 1490. The maximum atomic E-state index is 11.7. The minimum atomic E-state index is -0.0611. The van der Waals surface area contributed by atoms with E-state index in [1.807, 2.05) is 40.0 Å². The van der Waals surface area contributed by atoms with Gasteiger partial charge in [-0.25, -0.2) is 0 Å². The van der Waals surface area contributed by atoms with E-state index in [-0.39, 0.29) is 55.5 Å². The zero-order valence-electron chi connectivity index (χ0n) is 26.6. The van der Waals surface area contributed by atoms with Crippen molar-refractivity contribution in [3.63, 3.8) is 0 Å². The van der Waals surface area contributed by atoms with Gasteiger partial charge in [0, 0.05) is 50.1 Å². The van der Waals surface area contributed by atoms with Crippen LogP contribution < -0.4 is 4.74 Å². The van der Waals surface area contributed by atoms with Crippen molar-refractivity contribution in [1.29, 1.82) is 0 Å². The predicted molar refractivity (Wildman–Crippen MR) is 174 cm³/mol. The van der Waals surface area contributed by atoms with Gasteiger partial charge < -0.3 is 14.8 Å². The molecular weight excluding hydrogens is 711 g/mol. The van der Waals surface area contributed by atoms with E-state index in [1.165, 1.54) is 22.6 Å². The third kappa shape index (κ3) is 7.75. The van der Waals surface area contributed by atoms with Gasteiger partial charge >= 0.3 is 0 Å². The molecule has 0 saturated carbocycles. The predicted octanol–water partition coefficient (Wildman–Crippen LogP) is 9.92. The maximum Gasteiger partial charge on any atom is 0.162 e. The van der Waals surface area contributed by atoms with Gasteiger partial charge in [0.1, 0.15) is 11.9 Å². The molecule has 0 amide bonds. The van der Waals surface area contributed by atoms with E-state index in [1.54, 1.807) is 0 Å². The van der Waals surface area contributed by atoms with Crippen LogP contribution in [0.1, 0.15) is 103 Å². The third-order valence-electron chi connectivity index (χ3n) is 8.70. The summed E-state index contributed by atoms with van der Waals surface area (Å²) in [5, 5.41) is 12.1. The van der Waals surface area contributed by atoms with Gasteiger partial charge in [0.15, 0.2) is 5.78 Å². The van der Waals surface area contributed by atoms with Crippen LogP contribution in [0.15, 0.2) is 78.2 Å². The molecule has 1 aliphatic carbocycles. The molecule has 5 rings (SSSR count). The Morgan fingerprint density at radius 2 is 1.67 bits per heavy atom. The Labute approximate surface area is 271 Å². The molecular formula is C38H46IrNO3-. The van der Waals surface area contributed by atoms with Crippen LogP contribution in [0.4, 0.5) is 0 Å². The van der Waals surface area contributed by atoms with Crippen LogP contribution >= 0.6 is 0 Å². The normalized spacial score (nSPS) is 17.4. The zero-order chi connectivity index (χ0) is 30.4. The zero-order valence-corrected chi connectivity index (χ0v) is 29.0. The minimum absolute atomic E-state index is 0. The number of pyridine rings is 1. The number of carbonyl (C=O) groups is 1. The molecule has 0 spiro atoms. The van der Waals surface area contributed by atoms with E-state index in [9.17, 15) is 9.90 Å². The van der Waals surface area contributed by atoms with Gasteiger partial charge in [-0.2, -0.15) is 17.7 Å². The molecule has 43 heavy (non-hydrogen) atoms. The quantitative estimate of drug-likeness (QED) is 0.134. The van der Waals surface area contributed by atoms with Crippen molar-refractivity contribution >= 4 is 22.1 Å². The summed E-state index contributed by atoms with van der Waals surface area (Å²) in [6, 6.07) is 17.1. The molecule has 1 aromatic heterocycles. The second kappa shape index (κ2) is 15.6. The molecule has 1 aliphatic heterocycles. The molecule has 4 nitrogen and oxygen atoms in total. The first-order valence-corrected chi connectivity index (χ1v) is 15.6. The molecule has 2 aliphatic rings. The number of ketones is 1. The van der Waals surface area contributed by atoms with Gasteiger partial charge in [-0.3, -0.25) is 4.79 Å². The van der Waals surface area contributed by atoms with Crippen molar-refractivity contribution in [3.8, 4) is 5.75 Å². The Morgan fingerprint density at radius 1 is 1.00 bits per heavy atom. The van der Waals surface area contributed by atoms with Crippen LogP contribution in [0.25, 0.3) is 16.3 Å². The molecule has 5 heteroatoms. The van der Waals surface area contributed by atoms with E-state index in [0.29, 0.717) is 5.92 Å². The first-order valence-electron chi connectivity index (χ1n) is 15.6. The second-order valence-corrected chi connectivity index (χ2v) is 11.8. The average molecular weight is 757 g/mol. The smallest absolute Gasteiger partial charge is 0.162 e. The molecule has 2 aromatic carbocycles. The van der Waals surface area contributed by atoms with E-state index >= 15 is 0 Å². The summed E-state index contributed by atoms with van der Waals surface area (Å²) in [6.07, 6.45) is 12.6. The fourth-order valence-corrected chi connectivity index (χ4v) is 5.99. The fourth-order valence-electron chi connectivity index (χ4n) is 5.99. The standard InChI is InChI=1S/C25H22NO.C13H24O2.Ir/c1-15(2)17-8-9-19-18(14-17)10-11-26-24(19)22-13-16(3)12-21-20-6-4-5-7-23(20)27-25(21)22;1-5-10(6-2)12(14)9-13(15)11(7-3)8-4;/h4-12,14-15,21,25H,1-3H3;9-11,14H,5-8H2,1-4H3;/q-1;;/b;12-9-;. The van der Waals surface area contributed by atoms with E-state index in [0.717, 1.165) is 53.7 Å². The summed E-state index contributed by atoms with van der Waals surface area (Å²) in [5.41, 5.74) is 5.78. The van der Waals surface area contributed by atoms with Gasteiger partial charge in [0.25, 0.3) is 0 Å². The average Bonchev–Trinajstić information content (AvgIpc) is 3.36. The van der Waals surface area contributed by atoms with Gasteiger partial charge in [-0.15, -0.1) is 0 Å². The largest absolute Gasteiger partial charge is 0.512 e. The Balaban J connectivity index is 0.000000274. The molecule has 0 fully saturated rings. The van der Waals surface area contributed by atoms with Crippen LogP contribution in [-0.4, -0.2) is 22.0 Å². The number of allylic oxidation sites excluding steroid dienone is 4. The number of aliphatic hydroxyl groups excluding tert-OH is 1. The number of aromatic nitrogens is 1. The van der Waals surface area contributed by atoms with Crippen molar-refractivity contribution in [2.45, 2.75) is 92.1 Å². The number of ether oxygens (including phenoxy) is 1. The minimum Gasteiger partial charge on any atom is -0.512 e. The number of fused-ring (bicyclic) bond motifs is 4. The molecule has 2 atom stereocenters. The number of hydrogen-bond donors (Lipinski definition) is 1. The summed E-state index contributed by atoms with van der Waals surface area (Å²) >= 11 is 0. The van der Waals surface area contributed by atoms with Crippen LogP contribution in [0.5, 0.6) is 5.75 Å². The van der Waals surface area contributed by atoms with E-state index in [2.05, 4.69) is 75.4 Å². The molecule has 3 aromatic rings. The van der Waals surface area contributed by atoms with E-state index < -0.39 is 0 Å². The van der Waals surface area contributed by atoms with Crippen molar-refractivity contribution in [2.24, 2.45) is 11.8 Å². The maximum absolute atomic E-state index is 11.7. The van der Waals surface area contributed by atoms with Gasteiger partial charge in [-0.05, 0) is 71.3 Å². The summed E-state index contributed by atoms with van der Waals surface area (Å²) in [6.45, 7) is 14.6. The molecule has 231 valence electrons. The molecule has 2 heterocycles. The Hall–Kier alpha value is -3.01. The second-order valence-electron chi connectivity index (χ2n) is 11.8. The number of hydrogen-bond acceptors (Lipinski definition) is 4. The molecule has 2 unspecified atom stereocenters. The summed E-state index contributed by atoms with van der Waals surface area (Å²) in [7, 11) is 0. The molecule has 1 N–H and O–H groups in total. The number of para-hydroxylation sites is 1. The summed E-state index contributed by atoms with van der Waals surface area (Å²) in [4.78, 5) is 16.5. The van der Waals surface area contributed by atoms with Crippen molar-refractivity contribution < 1.29 is 34.7 Å². The van der Waals surface area contributed by atoms with Crippen molar-refractivity contribution in [3.05, 3.63) is 101 Å². The van der Waals surface area contributed by atoms with Crippen LogP contribution in [-0.2, 0) is 24.9 Å². The molecule has 0 bridgehead atoms.